The second-order valence-corrected chi connectivity index (χ2v) is 5.66. The minimum atomic E-state index is 0.511. The third-order valence-corrected chi connectivity index (χ3v) is 3.78. The van der Waals surface area contributed by atoms with Gasteiger partial charge in [-0.1, -0.05) is 39.3 Å². The van der Waals surface area contributed by atoms with E-state index >= 15 is 0 Å². The summed E-state index contributed by atoms with van der Waals surface area (Å²) in [6.07, 6.45) is 2.48. The van der Waals surface area contributed by atoms with Crippen molar-refractivity contribution in [2.24, 2.45) is 5.92 Å². The Hall–Kier alpha value is -0.0900. The zero-order valence-corrected chi connectivity index (χ0v) is 12.6. The number of nitrogens with one attached hydrogen (secondary N) is 1. The van der Waals surface area contributed by atoms with Gasteiger partial charge in [-0.25, -0.2) is 0 Å². The Morgan fingerprint density at radius 2 is 1.81 bits per heavy atom. The first-order valence-electron chi connectivity index (χ1n) is 6.16. The molecule has 90 valence electrons. The van der Waals surface area contributed by atoms with Gasteiger partial charge >= 0.3 is 0 Å². The van der Waals surface area contributed by atoms with E-state index in [4.69, 9.17) is 0 Å². The van der Waals surface area contributed by atoms with Crippen LogP contribution >= 0.6 is 22.6 Å². The highest BCUT2D eigenvalue weighted by Gasteiger charge is 2.13. The molecule has 1 aromatic rings. The van der Waals surface area contributed by atoms with E-state index in [1.54, 1.807) is 0 Å². The zero-order valence-electron chi connectivity index (χ0n) is 10.5. The van der Waals surface area contributed by atoms with Crippen molar-refractivity contribution in [3.8, 4) is 0 Å². The largest absolute Gasteiger partial charge is 0.310 e. The molecule has 0 aromatic heterocycles. The first kappa shape index (κ1) is 14.0. The topological polar surface area (TPSA) is 12.0 Å². The molecule has 1 rings (SSSR count). The summed E-state index contributed by atoms with van der Waals surface area (Å²) in [7, 11) is 0. The van der Waals surface area contributed by atoms with Crippen molar-refractivity contribution in [1.82, 2.24) is 5.32 Å². The molecule has 0 spiro atoms. The van der Waals surface area contributed by atoms with E-state index in [2.05, 4.69) is 72.9 Å². The van der Waals surface area contributed by atoms with Crippen LogP contribution in [-0.4, -0.2) is 6.54 Å². The highest BCUT2D eigenvalue weighted by Crippen LogP contribution is 2.23. The molecule has 0 aliphatic carbocycles. The molecule has 0 bridgehead atoms. The molecule has 0 aliphatic rings. The summed E-state index contributed by atoms with van der Waals surface area (Å²) in [5.74, 6) is 0.781. The molecule has 0 saturated heterocycles. The average Bonchev–Trinajstić information content (AvgIpc) is 2.29. The van der Waals surface area contributed by atoms with Gasteiger partial charge in [-0.15, -0.1) is 0 Å². The molecule has 2 heteroatoms. The molecule has 2 atom stereocenters. The Balaban J connectivity index is 2.72. The van der Waals surface area contributed by atoms with Crippen molar-refractivity contribution in [1.29, 1.82) is 0 Å². The molecule has 0 amide bonds. The third kappa shape index (κ3) is 4.42. The quantitative estimate of drug-likeness (QED) is 0.763. The summed E-state index contributed by atoms with van der Waals surface area (Å²) < 4.78 is 1.31. The Morgan fingerprint density at radius 3 is 2.31 bits per heavy atom. The molecule has 0 fully saturated rings. The predicted octanol–water partition coefficient (Wildman–Crippen LogP) is 4.38. The summed E-state index contributed by atoms with van der Waals surface area (Å²) in [5, 5.41) is 3.58. The fraction of sp³-hybridized carbons (Fsp3) is 0.571. The minimum absolute atomic E-state index is 0.511. The van der Waals surface area contributed by atoms with Gasteiger partial charge in [0.2, 0.25) is 0 Å². The van der Waals surface area contributed by atoms with Gasteiger partial charge in [0.25, 0.3) is 0 Å². The summed E-state index contributed by atoms with van der Waals surface area (Å²) in [6, 6.07) is 9.39. The molecular weight excluding hydrogens is 309 g/mol. The molecule has 0 saturated carbocycles. The van der Waals surface area contributed by atoms with Gasteiger partial charge in [-0.3, -0.25) is 0 Å². The molecular formula is C14H22IN. The smallest absolute Gasteiger partial charge is 0.0322 e. The fourth-order valence-corrected chi connectivity index (χ4v) is 2.21. The second kappa shape index (κ2) is 7.28. The maximum Gasteiger partial charge on any atom is 0.0322 e. The lowest BCUT2D eigenvalue weighted by Gasteiger charge is -2.21. The van der Waals surface area contributed by atoms with Gasteiger partial charge in [0, 0.05) is 9.61 Å². The van der Waals surface area contributed by atoms with Crippen LogP contribution in [0.5, 0.6) is 0 Å². The molecule has 1 N–H and O–H groups in total. The van der Waals surface area contributed by atoms with Gasteiger partial charge in [-0.05, 0) is 59.2 Å². The van der Waals surface area contributed by atoms with Crippen LogP contribution in [0.25, 0.3) is 0 Å². The Bertz CT molecular complexity index is 294. The second-order valence-electron chi connectivity index (χ2n) is 4.41. The molecule has 2 unspecified atom stereocenters. The van der Waals surface area contributed by atoms with Crippen molar-refractivity contribution >= 4 is 22.6 Å². The summed E-state index contributed by atoms with van der Waals surface area (Å²) in [6.45, 7) is 7.81. The first-order valence-corrected chi connectivity index (χ1v) is 7.24. The van der Waals surface area contributed by atoms with Crippen LogP contribution in [-0.2, 0) is 0 Å². The van der Waals surface area contributed by atoms with Crippen molar-refractivity contribution < 1.29 is 0 Å². The SMILES string of the molecule is CCNC(CC(C)CC)c1ccc(I)cc1. The first-order chi connectivity index (χ1) is 7.67. The highest BCUT2D eigenvalue weighted by molar-refractivity contribution is 14.1. The van der Waals surface area contributed by atoms with E-state index in [1.807, 2.05) is 0 Å². The van der Waals surface area contributed by atoms with Crippen molar-refractivity contribution in [3.63, 3.8) is 0 Å². The van der Waals surface area contributed by atoms with Gasteiger partial charge in [0.15, 0.2) is 0 Å². The van der Waals surface area contributed by atoms with Crippen LogP contribution in [0, 0.1) is 9.49 Å². The van der Waals surface area contributed by atoms with Gasteiger partial charge in [0.05, 0.1) is 0 Å². The molecule has 0 heterocycles. The lowest BCUT2D eigenvalue weighted by molar-refractivity contribution is 0.408. The Labute approximate surface area is 113 Å². The van der Waals surface area contributed by atoms with Crippen molar-refractivity contribution in [2.75, 3.05) is 6.54 Å². The van der Waals surface area contributed by atoms with E-state index in [0.717, 1.165) is 12.5 Å². The molecule has 1 nitrogen and oxygen atoms in total. The summed E-state index contributed by atoms with van der Waals surface area (Å²) in [5.41, 5.74) is 1.42. The normalized spacial score (nSPS) is 14.8. The van der Waals surface area contributed by atoms with E-state index in [-0.39, 0.29) is 0 Å². The van der Waals surface area contributed by atoms with Crippen LogP contribution < -0.4 is 5.32 Å². The molecule has 16 heavy (non-hydrogen) atoms. The van der Waals surface area contributed by atoms with Crippen LogP contribution in [0.4, 0.5) is 0 Å². The van der Waals surface area contributed by atoms with Crippen molar-refractivity contribution in [2.45, 2.75) is 39.7 Å². The van der Waals surface area contributed by atoms with Crippen LogP contribution in [0.1, 0.15) is 45.2 Å². The van der Waals surface area contributed by atoms with Crippen LogP contribution in [0.15, 0.2) is 24.3 Å². The van der Waals surface area contributed by atoms with E-state index in [0.29, 0.717) is 6.04 Å². The van der Waals surface area contributed by atoms with Gasteiger partial charge in [-0.2, -0.15) is 0 Å². The van der Waals surface area contributed by atoms with Gasteiger partial charge < -0.3 is 5.32 Å². The number of hydrogen-bond donors (Lipinski definition) is 1. The predicted molar refractivity (Wildman–Crippen MR) is 79.6 cm³/mol. The monoisotopic (exact) mass is 331 g/mol. The standard InChI is InChI=1S/C14H22IN/c1-4-11(3)10-14(16-5-2)12-6-8-13(15)9-7-12/h6-9,11,14,16H,4-5,10H2,1-3H3. The summed E-state index contributed by atoms with van der Waals surface area (Å²) >= 11 is 2.35. The number of rotatable bonds is 6. The number of hydrogen-bond acceptors (Lipinski definition) is 1. The minimum Gasteiger partial charge on any atom is -0.310 e. The lowest BCUT2D eigenvalue weighted by atomic mass is 9.94. The summed E-state index contributed by atoms with van der Waals surface area (Å²) in [4.78, 5) is 0. The maximum atomic E-state index is 3.58. The third-order valence-electron chi connectivity index (χ3n) is 3.06. The molecule has 1 aromatic carbocycles. The average molecular weight is 331 g/mol. The number of benzene rings is 1. The van der Waals surface area contributed by atoms with E-state index in [9.17, 15) is 0 Å². The van der Waals surface area contributed by atoms with E-state index in [1.165, 1.54) is 22.0 Å². The molecule has 0 radical (unpaired) electrons. The lowest BCUT2D eigenvalue weighted by Crippen LogP contribution is -2.22. The van der Waals surface area contributed by atoms with Crippen molar-refractivity contribution in [3.05, 3.63) is 33.4 Å². The Kier molecular flexibility index (Phi) is 6.36. The molecule has 0 aliphatic heterocycles. The maximum absolute atomic E-state index is 3.58. The number of halogens is 1. The van der Waals surface area contributed by atoms with Crippen LogP contribution in [0.2, 0.25) is 0 Å². The van der Waals surface area contributed by atoms with Crippen LogP contribution in [0.3, 0.4) is 0 Å². The Morgan fingerprint density at radius 1 is 1.19 bits per heavy atom. The zero-order chi connectivity index (χ0) is 12.0. The fourth-order valence-electron chi connectivity index (χ4n) is 1.85. The highest BCUT2D eigenvalue weighted by atomic mass is 127. The van der Waals surface area contributed by atoms with Gasteiger partial charge in [0.1, 0.15) is 0 Å². The van der Waals surface area contributed by atoms with E-state index < -0.39 is 0 Å².